The van der Waals surface area contributed by atoms with Crippen molar-refractivity contribution < 1.29 is 23.8 Å². The standard InChI is InChI=1S/C24H20N2O5/c1-15-3-6-17(24(28)29)12-21(15)22-10-9-20(31-22)11-18(13-25)23(27)26-14-16-4-7-19(30-2)8-5-16/h3-12H,14H2,1-2H3,(H,26,27)(H,28,29)/b18-11-. The summed E-state index contributed by atoms with van der Waals surface area (Å²) in [6, 6.07) is 17.1. The van der Waals surface area contributed by atoms with Gasteiger partial charge < -0.3 is 19.6 Å². The van der Waals surface area contributed by atoms with Crippen molar-refractivity contribution in [2.45, 2.75) is 13.5 Å². The van der Waals surface area contributed by atoms with E-state index in [2.05, 4.69) is 5.32 Å². The van der Waals surface area contributed by atoms with E-state index in [1.54, 1.807) is 37.4 Å². The van der Waals surface area contributed by atoms with Crippen LogP contribution in [-0.4, -0.2) is 24.1 Å². The average molecular weight is 416 g/mol. The molecule has 0 fully saturated rings. The highest BCUT2D eigenvalue weighted by Gasteiger charge is 2.13. The lowest BCUT2D eigenvalue weighted by molar-refractivity contribution is -0.117. The van der Waals surface area contributed by atoms with Crippen molar-refractivity contribution in [1.29, 1.82) is 5.26 Å². The van der Waals surface area contributed by atoms with Gasteiger partial charge in [0.15, 0.2) is 0 Å². The molecule has 2 aromatic carbocycles. The van der Waals surface area contributed by atoms with Crippen molar-refractivity contribution in [2.24, 2.45) is 0 Å². The summed E-state index contributed by atoms with van der Waals surface area (Å²) in [5.74, 6) is -0.0898. The maximum absolute atomic E-state index is 12.4. The van der Waals surface area contributed by atoms with Gasteiger partial charge in [0.25, 0.3) is 5.91 Å². The Balaban J connectivity index is 1.75. The molecular weight excluding hydrogens is 396 g/mol. The van der Waals surface area contributed by atoms with Crippen molar-refractivity contribution >= 4 is 18.0 Å². The first-order chi connectivity index (χ1) is 14.9. The zero-order valence-electron chi connectivity index (χ0n) is 17.0. The number of carboxylic acid groups (broad SMARTS) is 1. The number of carbonyl (C=O) groups excluding carboxylic acids is 1. The fraction of sp³-hybridized carbons (Fsp3) is 0.125. The molecule has 0 saturated heterocycles. The summed E-state index contributed by atoms with van der Waals surface area (Å²) < 4.78 is 10.8. The number of nitrogens with zero attached hydrogens (tertiary/aromatic N) is 1. The topological polar surface area (TPSA) is 113 Å². The number of aromatic carboxylic acids is 1. The monoisotopic (exact) mass is 416 g/mol. The number of carbonyl (C=O) groups is 2. The summed E-state index contributed by atoms with van der Waals surface area (Å²) in [6.45, 7) is 2.10. The van der Waals surface area contributed by atoms with Crippen molar-refractivity contribution in [2.75, 3.05) is 7.11 Å². The molecule has 7 heteroatoms. The molecule has 0 atom stereocenters. The molecule has 0 bridgehead atoms. The third-order valence-corrected chi connectivity index (χ3v) is 4.64. The van der Waals surface area contributed by atoms with E-state index in [-0.39, 0.29) is 17.7 Å². The summed E-state index contributed by atoms with van der Waals surface area (Å²) in [4.78, 5) is 23.6. The zero-order valence-corrected chi connectivity index (χ0v) is 17.0. The van der Waals surface area contributed by atoms with Gasteiger partial charge in [-0.25, -0.2) is 4.79 Å². The Morgan fingerprint density at radius 2 is 1.90 bits per heavy atom. The molecule has 0 aliphatic heterocycles. The van der Waals surface area contributed by atoms with E-state index in [1.807, 2.05) is 25.1 Å². The van der Waals surface area contributed by atoms with E-state index in [0.29, 0.717) is 22.8 Å². The molecule has 0 spiro atoms. The molecule has 31 heavy (non-hydrogen) atoms. The van der Waals surface area contributed by atoms with Crippen LogP contribution in [-0.2, 0) is 11.3 Å². The Bertz CT molecular complexity index is 1180. The number of nitriles is 1. The van der Waals surface area contributed by atoms with Crippen LogP contribution in [0.4, 0.5) is 0 Å². The molecule has 2 N–H and O–H groups in total. The first-order valence-electron chi connectivity index (χ1n) is 9.38. The smallest absolute Gasteiger partial charge is 0.335 e. The SMILES string of the molecule is COc1ccc(CNC(=O)/C(C#N)=C\c2ccc(-c3cc(C(=O)O)ccc3C)o2)cc1. The number of amides is 1. The van der Waals surface area contributed by atoms with Gasteiger partial charge in [0.1, 0.15) is 28.9 Å². The van der Waals surface area contributed by atoms with E-state index < -0.39 is 11.9 Å². The molecule has 156 valence electrons. The van der Waals surface area contributed by atoms with Crippen LogP contribution in [0.3, 0.4) is 0 Å². The zero-order chi connectivity index (χ0) is 22.4. The molecule has 7 nitrogen and oxygen atoms in total. The Hall–Kier alpha value is -4.31. The van der Waals surface area contributed by atoms with Gasteiger partial charge >= 0.3 is 5.97 Å². The summed E-state index contributed by atoms with van der Waals surface area (Å²) in [5, 5.41) is 21.3. The number of hydrogen-bond donors (Lipinski definition) is 2. The van der Waals surface area contributed by atoms with Crippen LogP contribution in [0.2, 0.25) is 0 Å². The Morgan fingerprint density at radius 1 is 1.16 bits per heavy atom. The van der Waals surface area contributed by atoms with Crippen molar-refractivity contribution in [3.63, 3.8) is 0 Å². The van der Waals surface area contributed by atoms with Gasteiger partial charge in [0.2, 0.25) is 0 Å². The minimum absolute atomic E-state index is 0.106. The lowest BCUT2D eigenvalue weighted by Crippen LogP contribution is -2.23. The van der Waals surface area contributed by atoms with Crippen LogP contribution < -0.4 is 10.1 Å². The number of carboxylic acids is 1. The summed E-state index contributed by atoms with van der Waals surface area (Å²) in [5.41, 5.74) is 2.37. The van der Waals surface area contributed by atoms with Crippen LogP contribution in [0.5, 0.6) is 5.75 Å². The molecule has 3 aromatic rings. The van der Waals surface area contributed by atoms with Gasteiger partial charge in [-0.05, 0) is 54.4 Å². The fourth-order valence-electron chi connectivity index (χ4n) is 2.91. The Kier molecular flexibility index (Phi) is 6.53. The Labute approximate surface area is 179 Å². The van der Waals surface area contributed by atoms with Gasteiger partial charge in [0.05, 0.1) is 12.7 Å². The first-order valence-corrected chi connectivity index (χ1v) is 9.38. The molecule has 1 aromatic heterocycles. The van der Waals surface area contributed by atoms with Crippen LogP contribution in [0, 0.1) is 18.3 Å². The second-order valence-electron chi connectivity index (χ2n) is 6.74. The van der Waals surface area contributed by atoms with Crippen LogP contribution >= 0.6 is 0 Å². The third-order valence-electron chi connectivity index (χ3n) is 4.64. The molecule has 1 heterocycles. The van der Waals surface area contributed by atoms with Crippen molar-refractivity contribution in [3.05, 3.63) is 82.6 Å². The minimum atomic E-state index is -1.03. The molecule has 0 saturated carbocycles. The lowest BCUT2D eigenvalue weighted by Gasteiger charge is -2.06. The maximum atomic E-state index is 12.4. The summed E-state index contributed by atoms with van der Waals surface area (Å²) in [7, 11) is 1.57. The van der Waals surface area contributed by atoms with Gasteiger partial charge in [0, 0.05) is 18.2 Å². The number of methoxy groups -OCH3 is 1. The highest BCUT2D eigenvalue weighted by Crippen LogP contribution is 2.27. The summed E-state index contributed by atoms with van der Waals surface area (Å²) >= 11 is 0. The normalized spacial score (nSPS) is 10.9. The molecule has 0 unspecified atom stereocenters. The molecule has 1 amide bonds. The number of hydrogen-bond acceptors (Lipinski definition) is 5. The van der Waals surface area contributed by atoms with E-state index in [4.69, 9.17) is 9.15 Å². The molecule has 0 aliphatic rings. The fourth-order valence-corrected chi connectivity index (χ4v) is 2.91. The second-order valence-corrected chi connectivity index (χ2v) is 6.74. The van der Waals surface area contributed by atoms with Crippen LogP contribution in [0.1, 0.15) is 27.2 Å². The van der Waals surface area contributed by atoms with E-state index in [9.17, 15) is 20.0 Å². The van der Waals surface area contributed by atoms with Crippen LogP contribution in [0.15, 0.2) is 64.6 Å². The van der Waals surface area contributed by atoms with Gasteiger partial charge in [-0.2, -0.15) is 5.26 Å². The highest BCUT2D eigenvalue weighted by molar-refractivity contribution is 6.01. The number of benzene rings is 2. The quantitative estimate of drug-likeness (QED) is 0.441. The minimum Gasteiger partial charge on any atom is -0.497 e. The predicted molar refractivity (Wildman–Crippen MR) is 114 cm³/mol. The molecule has 0 aliphatic carbocycles. The predicted octanol–water partition coefficient (Wildman–Crippen LogP) is 4.19. The third kappa shape index (κ3) is 5.19. The van der Waals surface area contributed by atoms with E-state index in [0.717, 1.165) is 11.1 Å². The number of aryl methyl sites for hydroxylation is 1. The van der Waals surface area contributed by atoms with Gasteiger partial charge in [-0.1, -0.05) is 18.2 Å². The Morgan fingerprint density at radius 3 is 2.55 bits per heavy atom. The largest absolute Gasteiger partial charge is 0.497 e. The van der Waals surface area contributed by atoms with Crippen molar-refractivity contribution in [3.8, 4) is 23.1 Å². The average Bonchev–Trinajstić information content (AvgIpc) is 3.24. The number of ether oxygens (including phenoxy) is 1. The van der Waals surface area contributed by atoms with Crippen LogP contribution in [0.25, 0.3) is 17.4 Å². The van der Waals surface area contributed by atoms with E-state index in [1.165, 1.54) is 18.2 Å². The van der Waals surface area contributed by atoms with E-state index >= 15 is 0 Å². The summed E-state index contributed by atoms with van der Waals surface area (Å²) in [6.07, 6.45) is 1.35. The molecule has 0 radical (unpaired) electrons. The number of furan rings is 1. The van der Waals surface area contributed by atoms with Gasteiger partial charge in [-0.3, -0.25) is 4.79 Å². The number of rotatable bonds is 7. The first kappa shape index (κ1) is 21.4. The second kappa shape index (κ2) is 9.46. The molecule has 3 rings (SSSR count). The maximum Gasteiger partial charge on any atom is 0.335 e. The molecular formula is C24H20N2O5. The number of nitrogens with one attached hydrogen (secondary N) is 1. The lowest BCUT2D eigenvalue weighted by atomic mass is 10.0. The van der Waals surface area contributed by atoms with Crippen molar-refractivity contribution in [1.82, 2.24) is 5.32 Å². The highest BCUT2D eigenvalue weighted by atomic mass is 16.5. The van der Waals surface area contributed by atoms with Gasteiger partial charge in [-0.15, -0.1) is 0 Å².